The number of hydrogen-bond donors (Lipinski definition) is 0. The molecule has 1 aliphatic heterocycles. The zero-order chi connectivity index (χ0) is 20.6. The topological polar surface area (TPSA) is 45.7 Å². The summed E-state index contributed by atoms with van der Waals surface area (Å²) in [6.07, 6.45) is 6.23. The number of aromatic nitrogens is 1. The van der Waals surface area contributed by atoms with Gasteiger partial charge in [-0.3, -0.25) is 14.7 Å². The van der Waals surface area contributed by atoms with Crippen molar-refractivity contribution >= 4 is 46.0 Å². The summed E-state index contributed by atoms with van der Waals surface area (Å²) >= 11 is 6.75. The minimum Gasteiger partial charge on any atom is -0.494 e. The Morgan fingerprint density at radius 1 is 1.14 bits per heavy atom. The maximum Gasteiger partial charge on any atom is 0.270 e. The van der Waals surface area contributed by atoms with E-state index in [0.29, 0.717) is 15.8 Å². The van der Waals surface area contributed by atoms with E-state index in [1.54, 1.807) is 17.3 Å². The van der Waals surface area contributed by atoms with Crippen molar-refractivity contribution in [2.45, 2.75) is 20.3 Å². The van der Waals surface area contributed by atoms with Crippen molar-refractivity contribution in [3.05, 3.63) is 59.3 Å². The van der Waals surface area contributed by atoms with Crippen LogP contribution in [0.4, 0.5) is 5.69 Å². The van der Waals surface area contributed by atoms with E-state index in [1.165, 1.54) is 11.8 Å². The molecule has 1 saturated heterocycles. The fraction of sp³-hybridized carbons (Fsp3) is 0.318. The van der Waals surface area contributed by atoms with Crippen molar-refractivity contribution in [1.29, 1.82) is 0 Å². The lowest BCUT2D eigenvalue weighted by Crippen LogP contribution is -2.27. The van der Waals surface area contributed by atoms with Gasteiger partial charge >= 0.3 is 0 Å². The molecule has 0 atom stereocenters. The summed E-state index contributed by atoms with van der Waals surface area (Å²) in [5, 5.41) is 0. The zero-order valence-electron chi connectivity index (χ0n) is 16.7. The summed E-state index contributed by atoms with van der Waals surface area (Å²) in [6.45, 7) is 8.17. The van der Waals surface area contributed by atoms with Crippen LogP contribution in [0.15, 0.2) is 53.7 Å². The van der Waals surface area contributed by atoms with Gasteiger partial charge in [-0.25, -0.2) is 0 Å². The standard InChI is InChI=1S/C22H25N3O2S2/c1-3-24(4-2)14-5-15-27-19-8-6-18(7-9-19)25-21(26)20(29-22(25)28)16-17-10-12-23-13-11-17/h6-13,16H,3-5,14-15H2,1-2H3/b20-16-. The first-order valence-electron chi connectivity index (χ1n) is 9.75. The number of thioether (sulfide) groups is 1. The molecule has 29 heavy (non-hydrogen) atoms. The minimum atomic E-state index is -0.107. The number of benzene rings is 1. The summed E-state index contributed by atoms with van der Waals surface area (Å²) in [5.74, 6) is 0.691. The molecule has 0 spiro atoms. The molecule has 5 nitrogen and oxygen atoms in total. The van der Waals surface area contributed by atoms with E-state index in [1.807, 2.05) is 42.5 Å². The molecule has 2 heterocycles. The van der Waals surface area contributed by atoms with Gasteiger partial charge in [0.15, 0.2) is 4.32 Å². The highest BCUT2D eigenvalue weighted by molar-refractivity contribution is 8.27. The van der Waals surface area contributed by atoms with Crippen molar-refractivity contribution < 1.29 is 9.53 Å². The number of hydrogen-bond acceptors (Lipinski definition) is 6. The van der Waals surface area contributed by atoms with Crippen LogP contribution in [0.1, 0.15) is 25.8 Å². The average molecular weight is 428 g/mol. The van der Waals surface area contributed by atoms with E-state index in [4.69, 9.17) is 17.0 Å². The molecule has 0 saturated carbocycles. The Morgan fingerprint density at radius 2 is 1.83 bits per heavy atom. The monoisotopic (exact) mass is 427 g/mol. The summed E-state index contributed by atoms with van der Waals surface area (Å²) < 4.78 is 6.36. The van der Waals surface area contributed by atoms with Crippen LogP contribution >= 0.6 is 24.0 Å². The second-order valence-corrected chi connectivity index (χ2v) is 8.20. The molecule has 0 radical (unpaired) electrons. The van der Waals surface area contributed by atoms with Gasteiger partial charge in [-0.15, -0.1) is 0 Å². The summed E-state index contributed by atoms with van der Waals surface area (Å²) in [4.78, 5) is 21.4. The first-order chi connectivity index (χ1) is 14.1. The number of ether oxygens (including phenoxy) is 1. The molecule has 1 aromatic heterocycles. The van der Waals surface area contributed by atoms with Crippen LogP contribution < -0.4 is 9.64 Å². The molecule has 152 valence electrons. The third kappa shape index (κ3) is 5.65. The Labute approximate surface area is 181 Å². The number of anilines is 1. The molecule has 1 amide bonds. The molecular weight excluding hydrogens is 402 g/mol. The Balaban J connectivity index is 1.60. The SMILES string of the molecule is CCN(CC)CCCOc1ccc(N2C(=O)/C(=C/c3ccncc3)SC2=S)cc1. The van der Waals surface area contributed by atoms with Crippen molar-refractivity contribution in [2.75, 3.05) is 31.1 Å². The highest BCUT2D eigenvalue weighted by Gasteiger charge is 2.33. The van der Waals surface area contributed by atoms with E-state index >= 15 is 0 Å². The van der Waals surface area contributed by atoms with Gasteiger partial charge in [0.25, 0.3) is 5.91 Å². The van der Waals surface area contributed by atoms with E-state index in [2.05, 4.69) is 23.7 Å². The van der Waals surface area contributed by atoms with E-state index in [-0.39, 0.29) is 5.91 Å². The smallest absolute Gasteiger partial charge is 0.270 e. The van der Waals surface area contributed by atoms with Gasteiger partial charge in [-0.2, -0.15) is 0 Å². The number of carbonyl (C=O) groups excluding carboxylic acids is 1. The number of nitrogens with zero attached hydrogens (tertiary/aromatic N) is 3. The Kier molecular flexibility index (Phi) is 7.80. The van der Waals surface area contributed by atoms with Gasteiger partial charge in [0.1, 0.15) is 5.75 Å². The number of rotatable bonds is 9. The molecule has 3 rings (SSSR count). The molecule has 1 aliphatic rings. The average Bonchev–Trinajstić information content (AvgIpc) is 3.02. The van der Waals surface area contributed by atoms with Crippen molar-refractivity contribution in [1.82, 2.24) is 9.88 Å². The first-order valence-corrected chi connectivity index (χ1v) is 11.0. The van der Waals surface area contributed by atoms with Gasteiger partial charge < -0.3 is 9.64 Å². The quantitative estimate of drug-likeness (QED) is 0.331. The normalized spacial score (nSPS) is 15.6. The lowest BCUT2D eigenvalue weighted by atomic mass is 10.2. The Morgan fingerprint density at radius 3 is 2.48 bits per heavy atom. The number of amides is 1. The lowest BCUT2D eigenvalue weighted by molar-refractivity contribution is -0.113. The van der Waals surface area contributed by atoms with Crippen LogP contribution in [-0.2, 0) is 4.79 Å². The lowest BCUT2D eigenvalue weighted by Gasteiger charge is -2.18. The van der Waals surface area contributed by atoms with Gasteiger partial charge in [-0.1, -0.05) is 37.8 Å². The molecule has 0 aliphatic carbocycles. The maximum absolute atomic E-state index is 12.8. The Hall–Kier alpha value is -2.22. The van der Waals surface area contributed by atoms with Crippen LogP contribution in [-0.4, -0.2) is 46.4 Å². The largest absolute Gasteiger partial charge is 0.494 e. The van der Waals surface area contributed by atoms with Gasteiger partial charge in [0.05, 0.1) is 17.2 Å². The van der Waals surface area contributed by atoms with E-state index < -0.39 is 0 Å². The molecule has 1 fully saturated rings. The highest BCUT2D eigenvalue weighted by Crippen LogP contribution is 2.36. The zero-order valence-corrected chi connectivity index (χ0v) is 18.3. The molecule has 2 aromatic rings. The summed E-state index contributed by atoms with van der Waals surface area (Å²) in [6, 6.07) is 11.2. The van der Waals surface area contributed by atoms with Crippen molar-refractivity contribution in [3.63, 3.8) is 0 Å². The van der Waals surface area contributed by atoms with Gasteiger partial charge in [0.2, 0.25) is 0 Å². The Bertz CT molecular complexity index is 865. The predicted octanol–water partition coefficient (Wildman–Crippen LogP) is 4.60. The summed E-state index contributed by atoms with van der Waals surface area (Å²) in [5.41, 5.74) is 1.68. The van der Waals surface area contributed by atoms with Crippen LogP contribution in [0.5, 0.6) is 5.75 Å². The molecule has 7 heteroatoms. The molecule has 0 N–H and O–H groups in total. The third-order valence-corrected chi connectivity index (χ3v) is 5.98. The maximum atomic E-state index is 12.8. The van der Waals surface area contributed by atoms with E-state index in [0.717, 1.165) is 43.1 Å². The first kappa shape index (κ1) is 21.5. The summed E-state index contributed by atoms with van der Waals surface area (Å²) in [7, 11) is 0. The highest BCUT2D eigenvalue weighted by atomic mass is 32.2. The number of carbonyl (C=O) groups is 1. The van der Waals surface area contributed by atoms with Crippen LogP contribution in [0.25, 0.3) is 6.08 Å². The number of thiocarbonyl (C=S) groups is 1. The second-order valence-electron chi connectivity index (χ2n) is 6.52. The van der Waals surface area contributed by atoms with Gasteiger partial charge in [0, 0.05) is 18.9 Å². The molecule has 0 bridgehead atoms. The predicted molar refractivity (Wildman–Crippen MR) is 124 cm³/mol. The number of pyridine rings is 1. The molecule has 0 unspecified atom stereocenters. The van der Waals surface area contributed by atoms with Crippen LogP contribution in [0.3, 0.4) is 0 Å². The fourth-order valence-electron chi connectivity index (χ4n) is 3.01. The fourth-order valence-corrected chi connectivity index (χ4v) is 4.31. The van der Waals surface area contributed by atoms with E-state index in [9.17, 15) is 4.79 Å². The van der Waals surface area contributed by atoms with Crippen LogP contribution in [0.2, 0.25) is 0 Å². The van der Waals surface area contributed by atoms with Gasteiger partial charge in [-0.05, 0) is 67.5 Å². The van der Waals surface area contributed by atoms with Crippen LogP contribution in [0, 0.1) is 0 Å². The second kappa shape index (κ2) is 10.5. The van der Waals surface area contributed by atoms with Crippen molar-refractivity contribution in [2.24, 2.45) is 0 Å². The minimum absolute atomic E-state index is 0.107. The molecule has 1 aromatic carbocycles. The molecular formula is C22H25N3O2S2. The third-order valence-electron chi connectivity index (χ3n) is 4.67. The van der Waals surface area contributed by atoms with Crippen molar-refractivity contribution in [3.8, 4) is 5.75 Å².